The van der Waals surface area contributed by atoms with Gasteiger partial charge in [-0.1, -0.05) is 26.0 Å². The molecule has 0 bridgehead atoms. The average molecular weight is 218 g/mol. The van der Waals surface area contributed by atoms with Gasteiger partial charge < -0.3 is 5.32 Å². The van der Waals surface area contributed by atoms with Crippen molar-refractivity contribution in [3.63, 3.8) is 0 Å². The van der Waals surface area contributed by atoms with Crippen LogP contribution >= 0.6 is 0 Å². The molecule has 1 unspecified atom stereocenters. The van der Waals surface area contributed by atoms with Gasteiger partial charge in [0.1, 0.15) is 0 Å². The van der Waals surface area contributed by atoms with Crippen LogP contribution in [-0.2, 0) is 6.42 Å². The van der Waals surface area contributed by atoms with Crippen molar-refractivity contribution >= 4 is 0 Å². The second-order valence-corrected chi connectivity index (χ2v) is 4.16. The zero-order valence-electron chi connectivity index (χ0n) is 10.6. The van der Waals surface area contributed by atoms with Gasteiger partial charge in [0.25, 0.3) is 0 Å². The number of pyridine rings is 1. The van der Waals surface area contributed by atoms with E-state index < -0.39 is 0 Å². The monoisotopic (exact) mass is 218 g/mol. The molecule has 0 aliphatic heterocycles. The Morgan fingerprint density at radius 2 is 2.25 bits per heavy atom. The van der Waals surface area contributed by atoms with E-state index in [1.807, 2.05) is 12.4 Å². The molecule has 0 saturated heterocycles. The summed E-state index contributed by atoms with van der Waals surface area (Å²) in [4.78, 5) is 4.18. The largest absolute Gasteiger partial charge is 0.307 e. The van der Waals surface area contributed by atoms with Crippen molar-refractivity contribution in [3.05, 3.63) is 41.7 Å². The van der Waals surface area contributed by atoms with Crippen molar-refractivity contribution in [2.45, 2.75) is 39.7 Å². The molecule has 1 atom stereocenters. The summed E-state index contributed by atoms with van der Waals surface area (Å²) >= 11 is 0. The van der Waals surface area contributed by atoms with Crippen LogP contribution < -0.4 is 5.32 Å². The lowest BCUT2D eigenvalue weighted by Crippen LogP contribution is -2.23. The molecular formula is C14H22N2. The van der Waals surface area contributed by atoms with Gasteiger partial charge in [-0.2, -0.15) is 0 Å². The Balaban J connectivity index is 2.95. The van der Waals surface area contributed by atoms with Gasteiger partial charge in [-0.25, -0.2) is 0 Å². The molecule has 0 radical (unpaired) electrons. The molecule has 0 aromatic carbocycles. The third-order valence-electron chi connectivity index (χ3n) is 2.72. The third kappa shape index (κ3) is 3.17. The minimum atomic E-state index is 0.262. The van der Waals surface area contributed by atoms with E-state index in [-0.39, 0.29) is 6.04 Å². The molecule has 0 fully saturated rings. The summed E-state index contributed by atoms with van der Waals surface area (Å²) in [6.07, 6.45) is 5.97. The van der Waals surface area contributed by atoms with Crippen LogP contribution in [0.1, 0.15) is 44.4 Å². The van der Waals surface area contributed by atoms with Gasteiger partial charge in [0, 0.05) is 12.4 Å². The van der Waals surface area contributed by atoms with E-state index in [4.69, 9.17) is 0 Å². The van der Waals surface area contributed by atoms with Gasteiger partial charge in [0.2, 0.25) is 0 Å². The maximum Gasteiger partial charge on any atom is 0.0534 e. The zero-order chi connectivity index (χ0) is 12.0. The number of rotatable bonds is 6. The average Bonchev–Trinajstić information content (AvgIpc) is 2.29. The van der Waals surface area contributed by atoms with Gasteiger partial charge in [-0.3, -0.25) is 4.98 Å². The fraction of sp³-hybridized carbons (Fsp3) is 0.500. The number of nitrogens with zero attached hydrogens (tertiary/aromatic N) is 1. The zero-order valence-corrected chi connectivity index (χ0v) is 10.6. The summed E-state index contributed by atoms with van der Waals surface area (Å²) in [5.74, 6) is 0. The fourth-order valence-electron chi connectivity index (χ4n) is 1.85. The van der Waals surface area contributed by atoms with Crippen molar-refractivity contribution < 1.29 is 0 Å². The maximum atomic E-state index is 4.18. The smallest absolute Gasteiger partial charge is 0.0534 e. The minimum absolute atomic E-state index is 0.262. The highest BCUT2D eigenvalue weighted by atomic mass is 14.9. The summed E-state index contributed by atoms with van der Waals surface area (Å²) < 4.78 is 0. The van der Waals surface area contributed by atoms with Crippen LogP contribution in [0.4, 0.5) is 0 Å². The first-order valence-electron chi connectivity index (χ1n) is 6.02. The molecular weight excluding hydrogens is 196 g/mol. The Morgan fingerprint density at radius 1 is 1.50 bits per heavy atom. The SMILES string of the molecule is C=C(C)C(NCCC)c1ccncc1CC. The van der Waals surface area contributed by atoms with Crippen LogP contribution in [0.5, 0.6) is 0 Å². The third-order valence-corrected chi connectivity index (χ3v) is 2.72. The van der Waals surface area contributed by atoms with E-state index in [0.29, 0.717) is 0 Å². The molecule has 1 rings (SSSR count). The minimum Gasteiger partial charge on any atom is -0.307 e. The van der Waals surface area contributed by atoms with Crippen molar-refractivity contribution in [2.24, 2.45) is 0 Å². The Bertz CT molecular complexity index is 344. The Labute approximate surface area is 98.8 Å². The first kappa shape index (κ1) is 12.9. The van der Waals surface area contributed by atoms with Crippen molar-refractivity contribution in [1.82, 2.24) is 10.3 Å². The lowest BCUT2D eigenvalue weighted by molar-refractivity contribution is 0.586. The molecule has 88 valence electrons. The van der Waals surface area contributed by atoms with Crippen molar-refractivity contribution in [1.29, 1.82) is 0 Å². The van der Waals surface area contributed by atoms with Crippen molar-refractivity contribution in [3.8, 4) is 0 Å². The molecule has 0 aliphatic rings. The Morgan fingerprint density at radius 3 is 2.81 bits per heavy atom. The molecule has 1 heterocycles. The molecule has 1 aromatic rings. The first-order valence-corrected chi connectivity index (χ1v) is 6.02. The summed E-state index contributed by atoms with van der Waals surface area (Å²) in [6, 6.07) is 2.36. The predicted molar refractivity (Wildman–Crippen MR) is 69.5 cm³/mol. The van der Waals surface area contributed by atoms with E-state index in [1.165, 1.54) is 11.1 Å². The van der Waals surface area contributed by atoms with Crippen LogP contribution in [0.15, 0.2) is 30.6 Å². The number of aryl methyl sites for hydroxylation is 1. The molecule has 1 aromatic heterocycles. The van der Waals surface area contributed by atoms with E-state index >= 15 is 0 Å². The summed E-state index contributed by atoms with van der Waals surface area (Å²) in [5, 5.41) is 3.53. The second-order valence-electron chi connectivity index (χ2n) is 4.16. The molecule has 2 heteroatoms. The van der Waals surface area contributed by atoms with Crippen molar-refractivity contribution in [2.75, 3.05) is 6.54 Å². The standard InChI is InChI=1S/C14H22N2/c1-5-8-16-14(11(3)4)13-7-9-15-10-12(13)6-2/h7,9-10,14,16H,3,5-6,8H2,1-2,4H3. The molecule has 2 nitrogen and oxygen atoms in total. The van der Waals surface area contributed by atoms with E-state index in [0.717, 1.165) is 25.0 Å². The maximum absolute atomic E-state index is 4.18. The Kier molecular flexibility index (Phi) is 5.20. The summed E-state index contributed by atoms with van der Waals surface area (Å²) in [6.45, 7) is 11.5. The first-order chi connectivity index (χ1) is 7.70. The quantitative estimate of drug-likeness (QED) is 0.741. The topological polar surface area (TPSA) is 24.9 Å². The van der Waals surface area contributed by atoms with Crippen LogP contribution in [0.25, 0.3) is 0 Å². The number of aromatic nitrogens is 1. The van der Waals surface area contributed by atoms with Crippen LogP contribution in [0.2, 0.25) is 0 Å². The van der Waals surface area contributed by atoms with Crippen LogP contribution in [-0.4, -0.2) is 11.5 Å². The summed E-state index contributed by atoms with van der Waals surface area (Å²) in [7, 11) is 0. The van der Waals surface area contributed by atoms with Crippen LogP contribution in [0, 0.1) is 0 Å². The Hall–Kier alpha value is -1.15. The van der Waals surface area contributed by atoms with Crippen LogP contribution in [0.3, 0.4) is 0 Å². The van der Waals surface area contributed by atoms with Gasteiger partial charge in [-0.05, 0) is 43.5 Å². The number of nitrogens with one attached hydrogen (secondary N) is 1. The highest BCUT2D eigenvalue weighted by molar-refractivity contribution is 5.32. The highest BCUT2D eigenvalue weighted by Gasteiger charge is 2.14. The molecule has 0 amide bonds. The van der Waals surface area contributed by atoms with E-state index in [2.05, 4.69) is 43.7 Å². The highest BCUT2D eigenvalue weighted by Crippen LogP contribution is 2.23. The molecule has 16 heavy (non-hydrogen) atoms. The second kappa shape index (κ2) is 6.44. The molecule has 0 saturated carbocycles. The fourth-order valence-corrected chi connectivity index (χ4v) is 1.85. The number of hydrogen-bond acceptors (Lipinski definition) is 2. The molecule has 0 spiro atoms. The number of hydrogen-bond donors (Lipinski definition) is 1. The van der Waals surface area contributed by atoms with Gasteiger partial charge in [-0.15, -0.1) is 0 Å². The molecule has 0 aliphatic carbocycles. The normalized spacial score (nSPS) is 12.4. The van der Waals surface area contributed by atoms with Gasteiger partial charge >= 0.3 is 0 Å². The van der Waals surface area contributed by atoms with E-state index in [9.17, 15) is 0 Å². The lowest BCUT2D eigenvalue weighted by Gasteiger charge is -2.21. The lowest BCUT2D eigenvalue weighted by atomic mass is 9.96. The summed E-state index contributed by atoms with van der Waals surface area (Å²) in [5.41, 5.74) is 3.78. The molecule has 1 N–H and O–H groups in total. The van der Waals surface area contributed by atoms with E-state index in [1.54, 1.807) is 0 Å². The van der Waals surface area contributed by atoms with Gasteiger partial charge in [0.05, 0.1) is 6.04 Å². The predicted octanol–water partition coefficient (Wildman–Crippen LogP) is 3.26. The van der Waals surface area contributed by atoms with Gasteiger partial charge in [0.15, 0.2) is 0 Å².